The van der Waals surface area contributed by atoms with Crippen molar-refractivity contribution < 1.29 is 14.7 Å². The molecule has 0 saturated carbocycles. The molecule has 7 nitrogen and oxygen atoms in total. The van der Waals surface area contributed by atoms with Crippen LogP contribution in [0.15, 0.2) is 30.0 Å². The van der Waals surface area contributed by atoms with Gasteiger partial charge in [0.25, 0.3) is 11.7 Å². The predicted molar refractivity (Wildman–Crippen MR) is 87.0 cm³/mol. The Labute approximate surface area is 139 Å². The summed E-state index contributed by atoms with van der Waals surface area (Å²) >= 11 is 0. The summed E-state index contributed by atoms with van der Waals surface area (Å²) < 4.78 is 1.63. The zero-order valence-corrected chi connectivity index (χ0v) is 13.9. The van der Waals surface area contributed by atoms with Crippen LogP contribution in [-0.2, 0) is 16.6 Å². The molecule has 0 radical (unpaired) electrons. The molecule has 1 fully saturated rings. The van der Waals surface area contributed by atoms with Crippen LogP contribution in [-0.4, -0.2) is 43.5 Å². The van der Waals surface area contributed by atoms with Crippen molar-refractivity contribution in [1.82, 2.24) is 19.7 Å². The van der Waals surface area contributed by atoms with Gasteiger partial charge < -0.3 is 10.0 Å². The topological polar surface area (TPSA) is 88.3 Å². The van der Waals surface area contributed by atoms with E-state index in [-0.39, 0.29) is 11.3 Å². The van der Waals surface area contributed by atoms with E-state index in [0.29, 0.717) is 22.6 Å². The minimum atomic E-state index is -0.717. The molecule has 1 aliphatic heterocycles. The number of hydrogen-bond acceptors (Lipinski definition) is 5. The number of rotatable bonds is 2. The Hall–Kier alpha value is -2.96. The maximum Gasteiger partial charge on any atom is 0.295 e. The van der Waals surface area contributed by atoms with Crippen LogP contribution in [0.2, 0.25) is 0 Å². The Morgan fingerprint density at radius 1 is 1.21 bits per heavy atom. The van der Waals surface area contributed by atoms with Gasteiger partial charge in [-0.3, -0.25) is 19.3 Å². The summed E-state index contributed by atoms with van der Waals surface area (Å²) in [5.41, 5.74) is 2.35. The van der Waals surface area contributed by atoms with Crippen molar-refractivity contribution in [2.24, 2.45) is 7.05 Å². The monoisotopic (exact) mass is 326 g/mol. The van der Waals surface area contributed by atoms with Crippen molar-refractivity contribution in [2.75, 3.05) is 7.05 Å². The van der Waals surface area contributed by atoms with E-state index >= 15 is 0 Å². The van der Waals surface area contributed by atoms with E-state index < -0.39 is 17.7 Å². The molecule has 2 aromatic rings. The zero-order valence-electron chi connectivity index (χ0n) is 13.9. The molecule has 0 spiro atoms. The molecule has 124 valence electrons. The van der Waals surface area contributed by atoms with Gasteiger partial charge in [-0.15, -0.1) is 0 Å². The molecule has 3 rings (SSSR count). The number of nitrogens with zero attached hydrogens (tertiary/aromatic N) is 4. The number of carbonyl (C=O) groups excluding carboxylic acids is 2. The lowest BCUT2D eigenvalue weighted by molar-refractivity contribution is -0.139. The summed E-state index contributed by atoms with van der Waals surface area (Å²) in [6.45, 7) is 3.55. The predicted octanol–water partition coefficient (Wildman–Crippen LogP) is 1.48. The molecular formula is C17H18N4O3. The van der Waals surface area contributed by atoms with E-state index in [0.717, 1.165) is 0 Å². The highest BCUT2D eigenvalue weighted by Gasteiger charge is 2.45. The van der Waals surface area contributed by atoms with Gasteiger partial charge in [0.1, 0.15) is 11.8 Å². The number of Topliss-reactive ketones (excluding diaryl/α,β-unsaturated/α-hetero) is 1. The molecule has 1 amide bonds. The number of amides is 1. The van der Waals surface area contributed by atoms with Crippen molar-refractivity contribution in [1.29, 1.82) is 0 Å². The number of likely N-dealkylation sites (tertiary alicyclic amines) is 1. The van der Waals surface area contributed by atoms with Crippen molar-refractivity contribution in [3.8, 4) is 0 Å². The number of aliphatic hydroxyl groups excluding tert-OH is 1. The highest BCUT2D eigenvalue weighted by Crippen LogP contribution is 2.38. The molecule has 1 saturated heterocycles. The molecular weight excluding hydrogens is 308 g/mol. The van der Waals surface area contributed by atoms with Crippen molar-refractivity contribution in [3.05, 3.63) is 52.6 Å². The van der Waals surface area contributed by atoms with Crippen LogP contribution < -0.4 is 0 Å². The Bertz CT molecular complexity index is 867. The van der Waals surface area contributed by atoms with Crippen LogP contribution in [0, 0.1) is 13.8 Å². The van der Waals surface area contributed by atoms with E-state index in [4.69, 9.17) is 0 Å². The summed E-state index contributed by atoms with van der Waals surface area (Å²) in [6.07, 6.45) is 1.59. The van der Waals surface area contributed by atoms with Gasteiger partial charge in [0, 0.05) is 26.0 Å². The van der Waals surface area contributed by atoms with E-state index in [2.05, 4.69) is 10.1 Å². The van der Waals surface area contributed by atoms with Crippen LogP contribution in [0.1, 0.15) is 28.7 Å². The number of hydrogen-bond donors (Lipinski definition) is 1. The first-order chi connectivity index (χ1) is 11.3. The van der Waals surface area contributed by atoms with E-state index in [1.165, 1.54) is 11.9 Å². The first kappa shape index (κ1) is 15.9. The molecule has 0 bridgehead atoms. The minimum absolute atomic E-state index is 0.0420. The third-order valence-corrected chi connectivity index (χ3v) is 4.39. The Morgan fingerprint density at radius 2 is 1.92 bits per heavy atom. The molecule has 0 aromatic carbocycles. The number of aromatic nitrogens is 3. The van der Waals surface area contributed by atoms with Gasteiger partial charge in [0.15, 0.2) is 0 Å². The normalized spacial score (nSPS) is 20.0. The van der Waals surface area contributed by atoms with Gasteiger partial charge in [-0.1, -0.05) is 6.07 Å². The number of pyridine rings is 1. The average molecular weight is 326 g/mol. The largest absolute Gasteiger partial charge is 0.507 e. The molecule has 1 N–H and O–H groups in total. The van der Waals surface area contributed by atoms with Crippen LogP contribution in [0.25, 0.3) is 5.76 Å². The molecule has 1 unspecified atom stereocenters. The first-order valence-electron chi connectivity index (χ1n) is 7.50. The second-order valence-electron chi connectivity index (χ2n) is 5.83. The standard InChI is InChI=1S/C17H18N4O3/c1-9-12(10(2)21(4)19-9)15(22)13-14(11-7-5-6-8-18-11)20(3)17(24)16(13)23/h5-8,14,22H,1-4H3/b15-13+. The lowest BCUT2D eigenvalue weighted by Crippen LogP contribution is -2.25. The number of likely N-dealkylation sites (N-methyl/N-ethyl adjacent to an activating group) is 1. The minimum Gasteiger partial charge on any atom is -0.507 e. The summed E-state index contributed by atoms with van der Waals surface area (Å²) in [7, 11) is 3.29. The van der Waals surface area contributed by atoms with Gasteiger partial charge in [-0.05, 0) is 26.0 Å². The number of carbonyl (C=O) groups is 2. The third-order valence-electron chi connectivity index (χ3n) is 4.39. The fourth-order valence-corrected chi connectivity index (χ4v) is 3.08. The summed E-state index contributed by atoms with van der Waals surface area (Å²) in [4.78, 5) is 30.2. The molecule has 2 aromatic heterocycles. The second-order valence-corrected chi connectivity index (χ2v) is 5.83. The van der Waals surface area contributed by atoms with Crippen molar-refractivity contribution >= 4 is 17.4 Å². The van der Waals surface area contributed by atoms with Crippen LogP contribution in [0.3, 0.4) is 0 Å². The van der Waals surface area contributed by atoms with Crippen LogP contribution in [0.5, 0.6) is 0 Å². The summed E-state index contributed by atoms with van der Waals surface area (Å²) in [6, 6.07) is 4.54. The summed E-state index contributed by atoms with van der Waals surface area (Å²) in [5, 5.41) is 15.1. The van der Waals surface area contributed by atoms with E-state index in [9.17, 15) is 14.7 Å². The van der Waals surface area contributed by atoms with E-state index in [1.54, 1.807) is 50.0 Å². The number of ketones is 1. The molecule has 7 heteroatoms. The Morgan fingerprint density at radius 3 is 2.46 bits per heavy atom. The maximum atomic E-state index is 12.5. The highest BCUT2D eigenvalue weighted by molar-refractivity contribution is 6.46. The van der Waals surface area contributed by atoms with Gasteiger partial charge in [0.05, 0.1) is 22.5 Å². The fourth-order valence-electron chi connectivity index (χ4n) is 3.08. The molecule has 3 heterocycles. The fraction of sp³-hybridized carbons (Fsp3) is 0.294. The molecule has 24 heavy (non-hydrogen) atoms. The number of aliphatic hydroxyl groups is 1. The molecule has 0 aliphatic carbocycles. The SMILES string of the molecule is Cc1nn(C)c(C)c1/C(O)=C1\C(=O)C(=O)N(C)C1c1ccccn1. The van der Waals surface area contributed by atoms with Crippen molar-refractivity contribution in [3.63, 3.8) is 0 Å². The Kier molecular flexibility index (Phi) is 3.71. The molecule has 1 aliphatic rings. The number of aryl methyl sites for hydroxylation is 2. The van der Waals surface area contributed by atoms with Gasteiger partial charge in [-0.2, -0.15) is 5.10 Å². The van der Waals surface area contributed by atoms with Gasteiger partial charge in [-0.25, -0.2) is 0 Å². The first-order valence-corrected chi connectivity index (χ1v) is 7.50. The smallest absolute Gasteiger partial charge is 0.295 e. The highest BCUT2D eigenvalue weighted by atomic mass is 16.3. The zero-order chi connectivity index (χ0) is 17.6. The van der Waals surface area contributed by atoms with Crippen LogP contribution in [0.4, 0.5) is 0 Å². The quantitative estimate of drug-likeness (QED) is 0.513. The maximum absolute atomic E-state index is 12.5. The summed E-state index contributed by atoms with van der Waals surface area (Å²) in [5.74, 6) is -1.59. The lowest BCUT2D eigenvalue weighted by Gasteiger charge is -2.19. The average Bonchev–Trinajstić information content (AvgIpc) is 2.95. The van der Waals surface area contributed by atoms with E-state index in [1.807, 2.05) is 0 Å². The van der Waals surface area contributed by atoms with Gasteiger partial charge in [0.2, 0.25) is 0 Å². The second kappa shape index (κ2) is 5.59. The van der Waals surface area contributed by atoms with Crippen LogP contribution >= 0.6 is 0 Å². The third kappa shape index (κ3) is 2.20. The molecule has 1 atom stereocenters. The lowest BCUT2D eigenvalue weighted by atomic mass is 9.97. The van der Waals surface area contributed by atoms with Gasteiger partial charge >= 0.3 is 0 Å². The Balaban J connectivity index is 2.25. The van der Waals surface area contributed by atoms with Crippen molar-refractivity contribution in [2.45, 2.75) is 19.9 Å².